The number of para-hydroxylation sites is 2. The molecule has 8 heteroatoms. The lowest BCUT2D eigenvalue weighted by atomic mass is 10.2. The van der Waals surface area contributed by atoms with Gasteiger partial charge in [-0.25, -0.2) is 8.42 Å². The van der Waals surface area contributed by atoms with Gasteiger partial charge in [0.2, 0.25) is 0 Å². The molecule has 0 saturated carbocycles. The summed E-state index contributed by atoms with van der Waals surface area (Å²) in [5.41, 5.74) is 1.09. The van der Waals surface area contributed by atoms with Gasteiger partial charge in [0.25, 0.3) is 0 Å². The van der Waals surface area contributed by atoms with Crippen LogP contribution in [0.5, 0.6) is 5.75 Å². The van der Waals surface area contributed by atoms with Gasteiger partial charge in [0.05, 0.1) is 18.6 Å². The summed E-state index contributed by atoms with van der Waals surface area (Å²) in [6.45, 7) is 3.79. The summed E-state index contributed by atoms with van der Waals surface area (Å²) in [6, 6.07) is 8.24. The quantitative estimate of drug-likeness (QED) is 0.549. The van der Waals surface area contributed by atoms with E-state index in [-0.39, 0.29) is 17.5 Å². The Bertz CT molecular complexity index is 691. The lowest BCUT2D eigenvalue weighted by Gasteiger charge is -2.22. The van der Waals surface area contributed by atoms with Crippen LogP contribution < -0.4 is 20.3 Å². The minimum Gasteiger partial charge on any atom is -0.495 e. The highest BCUT2D eigenvalue weighted by Gasteiger charge is 2.25. The first kappa shape index (κ1) is 19.4. The Labute approximate surface area is 150 Å². The average molecular weight is 369 g/mol. The van der Waals surface area contributed by atoms with Crippen LogP contribution in [-0.4, -0.2) is 65.7 Å². The first-order valence-corrected chi connectivity index (χ1v) is 10.4. The molecule has 0 amide bonds. The number of methoxy groups -OCH3 is 1. The molecule has 1 unspecified atom stereocenters. The normalized spacial score (nSPS) is 18.3. The summed E-state index contributed by atoms with van der Waals surface area (Å²) in [5.74, 6) is 1.79. The standard InChI is InChI=1S/C17H28N4O3S/c1-4-25(22,23)12-10-19-17(18-2)20-14-9-11-21(13-14)15-7-5-6-8-16(15)24-3/h5-8,14H,4,9-13H2,1-3H3,(H2,18,19,20). The topological polar surface area (TPSA) is 83.0 Å². The Kier molecular flexibility index (Phi) is 6.92. The maximum absolute atomic E-state index is 11.6. The van der Waals surface area contributed by atoms with Crippen molar-refractivity contribution in [3.05, 3.63) is 24.3 Å². The molecule has 1 aliphatic heterocycles. The van der Waals surface area contributed by atoms with Crippen LogP contribution in [0.2, 0.25) is 0 Å². The van der Waals surface area contributed by atoms with E-state index in [0.29, 0.717) is 12.5 Å². The predicted octanol–water partition coefficient (Wildman–Crippen LogP) is 0.874. The summed E-state index contributed by atoms with van der Waals surface area (Å²) >= 11 is 0. The summed E-state index contributed by atoms with van der Waals surface area (Å²) in [4.78, 5) is 6.47. The van der Waals surface area contributed by atoms with E-state index in [4.69, 9.17) is 4.74 Å². The number of nitrogens with one attached hydrogen (secondary N) is 2. The maximum atomic E-state index is 11.6. The molecule has 7 nitrogen and oxygen atoms in total. The minimum atomic E-state index is -2.97. The smallest absolute Gasteiger partial charge is 0.191 e. The monoisotopic (exact) mass is 368 g/mol. The van der Waals surface area contributed by atoms with Gasteiger partial charge in [-0.1, -0.05) is 19.1 Å². The average Bonchev–Trinajstić information content (AvgIpc) is 3.09. The molecule has 2 N–H and O–H groups in total. The second-order valence-electron chi connectivity index (χ2n) is 5.98. The Balaban J connectivity index is 1.87. The molecule has 0 spiro atoms. The summed E-state index contributed by atoms with van der Waals surface area (Å²) < 4.78 is 28.5. The summed E-state index contributed by atoms with van der Waals surface area (Å²) in [7, 11) is 0.402. The summed E-state index contributed by atoms with van der Waals surface area (Å²) in [5, 5.41) is 6.45. The van der Waals surface area contributed by atoms with E-state index in [1.807, 2.05) is 18.2 Å². The highest BCUT2D eigenvalue weighted by atomic mass is 32.2. The molecule has 0 aliphatic carbocycles. The Morgan fingerprint density at radius 1 is 1.40 bits per heavy atom. The van der Waals surface area contributed by atoms with Crippen LogP contribution in [0.1, 0.15) is 13.3 Å². The first-order valence-electron chi connectivity index (χ1n) is 8.54. The van der Waals surface area contributed by atoms with Crippen LogP contribution in [0.3, 0.4) is 0 Å². The van der Waals surface area contributed by atoms with Gasteiger partial charge in [-0.2, -0.15) is 0 Å². The zero-order valence-corrected chi connectivity index (χ0v) is 16.0. The molecule has 1 aromatic carbocycles. The lowest BCUT2D eigenvalue weighted by Crippen LogP contribution is -2.45. The number of benzene rings is 1. The number of hydrogen-bond donors (Lipinski definition) is 2. The molecule has 1 atom stereocenters. The number of hydrogen-bond acceptors (Lipinski definition) is 5. The van der Waals surface area contributed by atoms with Crippen molar-refractivity contribution in [2.24, 2.45) is 4.99 Å². The number of anilines is 1. The van der Waals surface area contributed by atoms with Crippen molar-refractivity contribution in [3.63, 3.8) is 0 Å². The lowest BCUT2D eigenvalue weighted by molar-refractivity contribution is 0.415. The molecule has 0 radical (unpaired) electrons. The third-order valence-electron chi connectivity index (χ3n) is 4.32. The van der Waals surface area contributed by atoms with E-state index in [1.165, 1.54) is 0 Å². The van der Waals surface area contributed by atoms with Crippen molar-refractivity contribution in [1.82, 2.24) is 10.6 Å². The fourth-order valence-corrected chi connectivity index (χ4v) is 3.55. The maximum Gasteiger partial charge on any atom is 0.191 e. The van der Waals surface area contributed by atoms with Crippen molar-refractivity contribution in [2.45, 2.75) is 19.4 Å². The highest BCUT2D eigenvalue weighted by Crippen LogP contribution is 2.30. The minimum absolute atomic E-state index is 0.113. The molecule has 1 saturated heterocycles. The van der Waals surface area contributed by atoms with E-state index in [0.717, 1.165) is 30.9 Å². The predicted molar refractivity (Wildman–Crippen MR) is 102 cm³/mol. The van der Waals surface area contributed by atoms with E-state index < -0.39 is 9.84 Å². The molecule has 25 heavy (non-hydrogen) atoms. The number of nitrogens with zero attached hydrogens (tertiary/aromatic N) is 2. The Hall–Kier alpha value is -1.96. The van der Waals surface area contributed by atoms with Crippen molar-refractivity contribution >= 4 is 21.5 Å². The third-order valence-corrected chi connectivity index (χ3v) is 6.03. The SMILES string of the molecule is CCS(=O)(=O)CCNC(=NC)NC1CCN(c2ccccc2OC)C1. The second-order valence-corrected chi connectivity index (χ2v) is 8.46. The van der Waals surface area contributed by atoms with Crippen LogP contribution >= 0.6 is 0 Å². The second kappa shape index (κ2) is 8.94. The fourth-order valence-electron chi connectivity index (χ4n) is 2.85. The Morgan fingerprint density at radius 3 is 2.84 bits per heavy atom. The third kappa shape index (κ3) is 5.52. The number of ether oxygens (including phenoxy) is 1. The van der Waals surface area contributed by atoms with Gasteiger partial charge in [0, 0.05) is 38.5 Å². The summed E-state index contributed by atoms with van der Waals surface area (Å²) in [6.07, 6.45) is 0.978. The van der Waals surface area contributed by atoms with Crippen LogP contribution in [0.25, 0.3) is 0 Å². The van der Waals surface area contributed by atoms with Gasteiger partial charge < -0.3 is 20.3 Å². The van der Waals surface area contributed by atoms with Gasteiger partial charge in [-0.05, 0) is 18.6 Å². The molecule has 1 aliphatic rings. The Morgan fingerprint density at radius 2 is 2.16 bits per heavy atom. The molecule has 2 rings (SSSR count). The molecule has 0 bridgehead atoms. The van der Waals surface area contributed by atoms with Crippen LogP contribution in [0, 0.1) is 0 Å². The van der Waals surface area contributed by atoms with Gasteiger partial charge in [-0.15, -0.1) is 0 Å². The molecule has 1 fully saturated rings. The van der Waals surface area contributed by atoms with Crippen molar-refractivity contribution in [3.8, 4) is 5.75 Å². The number of rotatable bonds is 7. The molecule has 140 valence electrons. The van der Waals surface area contributed by atoms with Crippen LogP contribution in [-0.2, 0) is 9.84 Å². The number of aliphatic imine (C=N–C) groups is 1. The van der Waals surface area contributed by atoms with Crippen LogP contribution in [0.4, 0.5) is 5.69 Å². The van der Waals surface area contributed by atoms with E-state index in [9.17, 15) is 8.42 Å². The molecular weight excluding hydrogens is 340 g/mol. The van der Waals surface area contributed by atoms with Gasteiger partial charge in [0.1, 0.15) is 5.75 Å². The zero-order chi connectivity index (χ0) is 18.3. The fraction of sp³-hybridized carbons (Fsp3) is 0.588. The van der Waals surface area contributed by atoms with Crippen molar-refractivity contribution in [1.29, 1.82) is 0 Å². The zero-order valence-electron chi connectivity index (χ0n) is 15.2. The molecule has 0 aromatic heterocycles. The first-order chi connectivity index (χ1) is 12.0. The van der Waals surface area contributed by atoms with Gasteiger partial charge in [-0.3, -0.25) is 4.99 Å². The van der Waals surface area contributed by atoms with Crippen molar-refractivity contribution in [2.75, 3.05) is 50.2 Å². The number of sulfone groups is 1. The van der Waals surface area contributed by atoms with E-state index in [1.54, 1.807) is 21.1 Å². The van der Waals surface area contributed by atoms with E-state index >= 15 is 0 Å². The van der Waals surface area contributed by atoms with Gasteiger partial charge in [0.15, 0.2) is 15.8 Å². The molecule has 1 heterocycles. The largest absolute Gasteiger partial charge is 0.495 e. The van der Waals surface area contributed by atoms with Crippen molar-refractivity contribution < 1.29 is 13.2 Å². The van der Waals surface area contributed by atoms with Crippen LogP contribution in [0.15, 0.2) is 29.3 Å². The van der Waals surface area contributed by atoms with E-state index in [2.05, 4.69) is 26.6 Å². The highest BCUT2D eigenvalue weighted by molar-refractivity contribution is 7.91. The number of guanidine groups is 1. The van der Waals surface area contributed by atoms with Gasteiger partial charge >= 0.3 is 0 Å². The molecule has 1 aromatic rings. The molecular formula is C17H28N4O3S.